The van der Waals surface area contributed by atoms with Crippen LogP contribution in [-0.2, 0) is 11.2 Å². The topological polar surface area (TPSA) is 72.5 Å². The van der Waals surface area contributed by atoms with Gasteiger partial charge in [-0.25, -0.2) is 4.79 Å². The first-order valence-electron chi connectivity index (χ1n) is 10.7. The van der Waals surface area contributed by atoms with Crippen molar-refractivity contribution in [3.63, 3.8) is 0 Å². The van der Waals surface area contributed by atoms with Crippen LogP contribution in [0.5, 0.6) is 0 Å². The van der Waals surface area contributed by atoms with E-state index in [0.717, 1.165) is 28.3 Å². The Balaban J connectivity index is 1.65. The van der Waals surface area contributed by atoms with Crippen LogP contribution in [0.2, 0.25) is 0 Å². The number of nitrogens with one attached hydrogen (secondary N) is 1. The van der Waals surface area contributed by atoms with Gasteiger partial charge in [0, 0.05) is 28.5 Å². The normalized spacial score (nSPS) is 11.4. The predicted molar refractivity (Wildman–Crippen MR) is 131 cm³/mol. The zero-order chi connectivity index (χ0) is 22.8. The number of hydrogen-bond donors (Lipinski definition) is 1. The number of amides is 1. The zero-order valence-electron chi connectivity index (χ0n) is 18.0. The molecule has 0 aliphatic heterocycles. The van der Waals surface area contributed by atoms with Crippen LogP contribution in [-0.4, -0.2) is 5.91 Å². The number of benzene rings is 3. The fourth-order valence-electron chi connectivity index (χ4n) is 3.88. The van der Waals surface area contributed by atoms with Gasteiger partial charge in [-0.05, 0) is 47.9 Å². The average Bonchev–Trinajstić information content (AvgIpc) is 3.20. The number of aryl methyl sites for hydroxylation is 1. The number of para-hydroxylation sites is 1. The second-order valence-electron chi connectivity index (χ2n) is 7.70. The molecule has 5 aromatic rings. The van der Waals surface area contributed by atoms with Crippen molar-refractivity contribution in [2.75, 3.05) is 5.32 Å². The highest BCUT2D eigenvalue weighted by Crippen LogP contribution is 2.40. The first-order valence-corrected chi connectivity index (χ1v) is 10.7. The molecule has 2 heterocycles. The van der Waals surface area contributed by atoms with Crippen LogP contribution in [0.4, 0.5) is 5.69 Å². The van der Waals surface area contributed by atoms with Gasteiger partial charge in [0.05, 0.1) is 5.69 Å². The maximum Gasteiger partial charge on any atom is 0.336 e. The molecule has 5 heteroatoms. The summed E-state index contributed by atoms with van der Waals surface area (Å²) < 4.78 is 11.6. The first-order chi connectivity index (χ1) is 16.1. The van der Waals surface area contributed by atoms with Crippen molar-refractivity contribution in [1.82, 2.24) is 0 Å². The van der Waals surface area contributed by atoms with Crippen molar-refractivity contribution < 1.29 is 13.6 Å². The van der Waals surface area contributed by atoms with E-state index in [-0.39, 0.29) is 5.91 Å². The molecule has 0 bridgehead atoms. The number of rotatable bonds is 5. The van der Waals surface area contributed by atoms with Crippen LogP contribution in [0, 0.1) is 0 Å². The minimum absolute atomic E-state index is 0.298. The lowest BCUT2D eigenvalue weighted by Crippen LogP contribution is -2.08. The van der Waals surface area contributed by atoms with Crippen molar-refractivity contribution in [2.45, 2.75) is 13.3 Å². The SMILES string of the molecule is CCc1ccc2oc(=O)cc(-c3oc4ccccc4c3NC(=O)C=Cc3ccccc3)c2c1. The molecule has 3 aromatic carbocycles. The van der Waals surface area contributed by atoms with Crippen molar-refractivity contribution in [3.05, 3.63) is 106 Å². The molecule has 0 spiro atoms. The van der Waals surface area contributed by atoms with E-state index in [1.54, 1.807) is 12.1 Å². The highest BCUT2D eigenvalue weighted by Gasteiger charge is 2.20. The molecule has 5 rings (SSSR count). The quantitative estimate of drug-likeness (QED) is 0.255. The molecule has 0 aliphatic carbocycles. The van der Waals surface area contributed by atoms with E-state index in [1.807, 2.05) is 66.7 Å². The second-order valence-corrected chi connectivity index (χ2v) is 7.70. The van der Waals surface area contributed by atoms with Gasteiger partial charge >= 0.3 is 5.63 Å². The number of hydrogen-bond acceptors (Lipinski definition) is 4. The monoisotopic (exact) mass is 435 g/mol. The summed E-state index contributed by atoms with van der Waals surface area (Å²) in [5, 5.41) is 4.47. The van der Waals surface area contributed by atoms with E-state index in [2.05, 4.69) is 12.2 Å². The van der Waals surface area contributed by atoms with Crippen molar-refractivity contribution >= 4 is 39.6 Å². The molecule has 0 unspecified atom stereocenters. The van der Waals surface area contributed by atoms with Crippen LogP contribution in [0.1, 0.15) is 18.1 Å². The predicted octanol–water partition coefficient (Wildman–Crippen LogP) is 6.42. The molecule has 1 N–H and O–H groups in total. The lowest BCUT2D eigenvalue weighted by molar-refractivity contribution is -0.111. The van der Waals surface area contributed by atoms with Gasteiger partial charge in [0.25, 0.3) is 0 Å². The summed E-state index contributed by atoms with van der Waals surface area (Å²) in [6, 6.07) is 24.2. The van der Waals surface area contributed by atoms with Gasteiger partial charge in [-0.2, -0.15) is 0 Å². The Bertz CT molecular complexity index is 1560. The molecule has 0 atom stereocenters. The summed E-state index contributed by atoms with van der Waals surface area (Å²) in [5.74, 6) is 0.122. The maximum atomic E-state index is 12.8. The van der Waals surface area contributed by atoms with Gasteiger partial charge in [0.1, 0.15) is 11.2 Å². The molecule has 0 radical (unpaired) electrons. The highest BCUT2D eigenvalue weighted by atomic mass is 16.4. The number of anilines is 1. The van der Waals surface area contributed by atoms with Gasteiger partial charge in [0.15, 0.2) is 5.76 Å². The van der Waals surface area contributed by atoms with Gasteiger partial charge in [-0.1, -0.05) is 55.5 Å². The summed E-state index contributed by atoms with van der Waals surface area (Å²) in [5.41, 5.74) is 3.72. The number of carbonyl (C=O) groups excluding carboxylic acids is 1. The van der Waals surface area contributed by atoms with E-state index in [1.165, 1.54) is 12.1 Å². The summed E-state index contributed by atoms with van der Waals surface area (Å²) >= 11 is 0. The Kier molecular flexibility index (Phi) is 5.37. The smallest absolute Gasteiger partial charge is 0.336 e. The van der Waals surface area contributed by atoms with E-state index in [4.69, 9.17) is 8.83 Å². The van der Waals surface area contributed by atoms with Crippen LogP contribution >= 0.6 is 0 Å². The largest absolute Gasteiger partial charge is 0.454 e. The lowest BCUT2D eigenvalue weighted by Gasteiger charge is -2.08. The van der Waals surface area contributed by atoms with E-state index >= 15 is 0 Å². The van der Waals surface area contributed by atoms with Crippen molar-refractivity contribution in [1.29, 1.82) is 0 Å². The Morgan fingerprint density at radius 3 is 2.45 bits per heavy atom. The third kappa shape index (κ3) is 4.08. The van der Waals surface area contributed by atoms with Crippen LogP contribution in [0.3, 0.4) is 0 Å². The first kappa shape index (κ1) is 20.5. The summed E-state index contributed by atoms with van der Waals surface area (Å²) in [7, 11) is 0. The molecular weight excluding hydrogens is 414 g/mol. The number of carbonyl (C=O) groups is 1. The van der Waals surface area contributed by atoms with Gasteiger partial charge < -0.3 is 14.2 Å². The van der Waals surface area contributed by atoms with Crippen molar-refractivity contribution in [2.24, 2.45) is 0 Å². The Morgan fingerprint density at radius 2 is 1.64 bits per heavy atom. The minimum atomic E-state index is -0.483. The van der Waals surface area contributed by atoms with Gasteiger partial charge in [0.2, 0.25) is 5.91 Å². The van der Waals surface area contributed by atoms with Crippen LogP contribution < -0.4 is 10.9 Å². The molecular formula is C28H21NO4. The van der Waals surface area contributed by atoms with Gasteiger partial charge in [-0.15, -0.1) is 0 Å². The average molecular weight is 435 g/mol. The minimum Gasteiger partial charge on any atom is -0.454 e. The van der Waals surface area contributed by atoms with Crippen molar-refractivity contribution in [3.8, 4) is 11.3 Å². The Morgan fingerprint density at radius 1 is 0.879 bits per heavy atom. The molecule has 0 saturated heterocycles. The molecule has 162 valence electrons. The fraction of sp³-hybridized carbons (Fsp3) is 0.0714. The molecule has 2 aromatic heterocycles. The molecule has 33 heavy (non-hydrogen) atoms. The third-order valence-corrected chi connectivity index (χ3v) is 5.53. The van der Waals surface area contributed by atoms with E-state index in [9.17, 15) is 9.59 Å². The molecule has 5 nitrogen and oxygen atoms in total. The summed E-state index contributed by atoms with van der Waals surface area (Å²) in [6.45, 7) is 2.06. The molecule has 0 saturated carbocycles. The highest BCUT2D eigenvalue weighted by molar-refractivity contribution is 6.12. The van der Waals surface area contributed by atoms with Gasteiger partial charge in [-0.3, -0.25) is 4.79 Å². The standard InChI is InChI=1S/C28H21NO4/c1-2-18-12-14-24-21(16-18)22(17-26(31)32-24)28-27(20-10-6-7-11-23(20)33-28)29-25(30)15-13-19-8-4-3-5-9-19/h3-17H,2H2,1H3,(H,29,30). The summed E-state index contributed by atoms with van der Waals surface area (Å²) in [4.78, 5) is 25.2. The molecule has 1 amide bonds. The molecule has 0 aliphatic rings. The summed E-state index contributed by atoms with van der Waals surface area (Å²) in [6.07, 6.45) is 4.06. The lowest BCUT2D eigenvalue weighted by atomic mass is 10.0. The van der Waals surface area contributed by atoms with E-state index < -0.39 is 5.63 Å². The second kappa shape index (κ2) is 8.63. The molecule has 0 fully saturated rings. The van der Waals surface area contributed by atoms with Crippen LogP contribution in [0.25, 0.3) is 39.3 Å². The fourth-order valence-corrected chi connectivity index (χ4v) is 3.88. The number of fused-ring (bicyclic) bond motifs is 2. The van der Waals surface area contributed by atoms with Crippen LogP contribution in [0.15, 0.2) is 98.6 Å². The number of furan rings is 1. The Hall–Kier alpha value is -4.38. The Labute approximate surface area is 190 Å². The maximum absolute atomic E-state index is 12.8. The zero-order valence-corrected chi connectivity index (χ0v) is 18.0. The third-order valence-electron chi connectivity index (χ3n) is 5.53. The van der Waals surface area contributed by atoms with E-state index in [0.29, 0.717) is 28.2 Å².